The minimum absolute atomic E-state index is 0.269. The molecule has 4 aromatic carbocycles. The summed E-state index contributed by atoms with van der Waals surface area (Å²) in [5, 5.41) is 2.20. The van der Waals surface area contributed by atoms with Gasteiger partial charge < -0.3 is 9.30 Å². The number of thioether (sulfide) groups is 1. The van der Waals surface area contributed by atoms with Crippen LogP contribution in [-0.2, 0) is 22.5 Å². The molecular formula is C33H31F2NO2S. The SMILES string of the molecule is CSc1c(C(Cc2ccc(F)cc2)C(=O)OC(C)(C)C)ccc2c3ccccc3n(Cc3ccc(F)cc3)c12. The molecule has 200 valence electrons. The van der Waals surface area contributed by atoms with Crippen LogP contribution in [0.15, 0.2) is 89.8 Å². The maximum atomic E-state index is 13.7. The molecule has 0 aliphatic carbocycles. The number of benzene rings is 4. The lowest BCUT2D eigenvalue weighted by atomic mass is 9.90. The summed E-state index contributed by atoms with van der Waals surface area (Å²) in [6.45, 7) is 6.13. The van der Waals surface area contributed by atoms with Gasteiger partial charge in [-0.15, -0.1) is 11.8 Å². The van der Waals surface area contributed by atoms with Crippen LogP contribution >= 0.6 is 11.8 Å². The highest BCUT2D eigenvalue weighted by molar-refractivity contribution is 7.98. The average Bonchev–Trinajstić information content (AvgIpc) is 3.21. The Labute approximate surface area is 231 Å². The number of hydrogen-bond acceptors (Lipinski definition) is 3. The Morgan fingerprint density at radius 2 is 1.46 bits per heavy atom. The Morgan fingerprint density at radius 3 is 2.08 bits per heavy atom. The highest BCUT2D eigenvalue weighted by Crippen LogP contribution is 2.41. The van der Waals surface area contributed by atoms with Crippen molar-refractivity contribution in [3.05, 3.63) is 113 Å². The Balaban J connectivity index is 1.71. The first-order chi connectivity index (χ1) is 18.6. The van der Waals surface area contributed by atoms with Gasteiger partial charge in [0.1, 0.15) is 17.2 Å². The zero-order chi connectivity index (χ0) is 27.7. The molecule has 1 unspecified atom stereocenters. The number of esters is 1. The first kappa shape index (κ1) is 26.9. The van der Waals surface area contributed by atoms with E-state index in [0.29, 0.717) is 13.0 Å². The van der Waals surface area contributed by atoms with E-state index >= 15 is 0 Å². The van der Waals surface area contributed by atoms with Crippen molar-refractivity contribution in [2.24, 2.45) is 0 Å². The molecule has 0 spiro atoms. The third-order valence-electron chi connectivity index (χ3n) is 6.79. The summed E-state index contributed by atoms with van der Waals surface area (Å²) in [5.74, 6) is -1.49. The quantitative estimate of drug-likeness (QED) is 0.152. The fraction of sp³-hybridized carbons (Fsp3) is 0.242. The Hall–Kier alpha value is -3.64. The Morgan fingerprint density at radius 1 is 0.846 bits per heavy atom. The second kappa shape index (κ2) is 10.9. The molecule has 1 atom stereocenters. The molecule has 6 heteroatoms. The standard InChI is InChI=1S/C33H31F2NO2S/c1-33(2,3)38-32(37)28(19-21-9-13-23(34)14-10-21)27-18-17-26-25-7-5-6-8-29(25)36(30(26)31(27)39-4)20-22-11-15-24(35)16-12-22/h5-18,28H,19-20H2,1-4H3. The third-order valence-corrected chi connectivity index (χ3v) is 7.63. The van der Waals surface area contributed by atoms with Gasteiger partial charge in [-0.25, -0.2) is 8.78 Å². The molecule has 1 heterocycles. The van der Waals surface area contributed by atoms with E-state index in [0.717, 1.165) is 43.4 Å². The molecule has 5 aromatic rings. The van der Waals surface area contributed by atoms with Crippen molar-refractivity contribution in [1.29, 1.82) is 0 Å². The van der Waals surface area contributed by atoms with E-state index in [-0.39, 0.29) is 17.6 Å². The third kappa shape index (κ3) is 5.71. The van der Waals surface area contributed by atoms with E-state index in [1.165, 1.54) is 24.3 Å². The molecule has 0 N–H and O–H groups in total. The molecule has 3 nitrogen and oxygen atoms in total. The Bertz CT molecular complexity index is 1630. The van der Waals surface area contributed by atoms with Crippen molar-refractivity contribution >= 4 is 39.5 Å². The van der Waals surface area contributed by atoms with Crippen LogP contribution in [0.2, 0.25) is 0 Å². The van der Waals surface area contributed by atoms with E-state index in [1.54, 1.807) is 36.0 Å². The number of carbonyl (C=O) groups excluding carboxylic acids is 1. The van der Waals surface area contributed by atoms with Gasteiger partial charge in [-0.3, -0.25) is 4.79 Å². The minimum atomic E-state index is -0.654. The number of ether oxygens (including phenoxy) is 1. The van der Waals surface area contributed by atoms with Gasteiger partial charge >= 0.3 is 5.97 Å². The normalized spacial score (nSPS) is 12.7. The van der Waals surface area contributed by atoms with Crippen LogP contribution in [-0.4, -0.2) is 22.4 Å². The van der Waals surface area contributed by atoms with E-state index in [9.17, 15) is 13.6 Å². The van der Waals surface area contributed by atoms with Gasteiger partial charge in [0.15, 0.2) is 0 Å². The second-order valence-corrected chi connectivity index (χ2v) is 11.5. The van der Waals surface area contributed by atoms with Gasteiger partial charge in [0.25, 0.3) is 0 Å². The average molecular weight is 544 g/mol. The number of carbonyl (C=O) groups is 1. The lowest BCUT2D eigenvalue weighted by molar-refractivity contribution is -0.156. The van der Waals surface area contributed by atoms with E-state index in [1.807, 2.05) is 45.2 Å². The summed E-state index contributed by atoms with van der Waals surface area (Å²) in [5.41, 5.74) is 4.14. The van der Waals surface area contributed by atoms with E-state index < -0.39 is 11.5 Å². The van der Waals surface area contributed by atoms with Crippen molar-refractivity contribution in [2.45, 2.75) is 50.2 Å². The van der Waals surface area contributed by atoms with Crippen LogP contribution < -0.4 is 0 Å². The zero-order valence-electron chi connectivity index (χ0n) is 22.5. The van der Waals surface area contributed by atoms with Crippen molar-refractivity contribution in [1.82, 2.24) is 4.57 Å². The lowest BCUT2D eigenvalue weighted by Gasteiger charge is -2.26. The van der Waals surface area contributed by atoms with Gasteiger partial charge in [-0.05, 0) is 80.5 Å². The number of hydrogen-bond donors (Lipinski definition) is 0. The molecule has 0 amide bonds. The van der Waals surface area contributed by atoms with E-state index in [2.05, 4.69) is 22.8 Å². The molecule has 0 saturated heterocycles. The number of rotatable bonds is 7. The summed E-state index contributed by atoms with van der Waals surface area (Å²) in [6, 6.07) is 25.2. The molecule has 39 heavy (non-hydrogen) atoms. The topological polar surface area (TPSA) is 31.2 Å². The van der Waals surface area contributed by atoms with Gasteiger partial charge in [-0.1, -0.05) is 54.6 Å². The molecule has 0 aliphatic heterocycles. The number of para-hydroxylation sites is 1. The highest BCUT2D eigenvalue weighted by atomic mass is 32.2. The van der Waals surface area contributed by atoms with Crippen LogP contribution in [0.4, 0.5) is 8.78 Å². The van der Waals surface area contributed by atoms with Crippen LogP contribution in [0.3, 0.4) is 0 Å². The monoisotopic (exact) mass is 543 g/mol. The molecular weight excluding hydrogens is 512 g/mol. The minimum Gasteiger partial charge on any atom is -0.459 e. The number of fused-ring (bicyclic) bond motifs is 3. The lowest BCUT2D eigenvalue weighted by Crippen LogP contribution is -2.29. The predicted molar refractivity (Wildman–Crippen MR) is 155 cm³/mol. The van der Waals surface area contributed by atoms with Crippen LogP contribution in [0.1, 0.15) is 43.4 Å². The maximum absolute atomic E-state index is 13.7. The largest absolute Gasteiger partial charge is 0.459 e. The van der Waals surface area contributed by atoms with Crippen LogP contribution in [0, 0.1) is 11.6 Å². The first-order valence-electron chi connectivity index (χ1n) is 12.9. The molecule has 0 radical (unpaired) electrons. The van der Waals surface area contributed by atoms with Gasteiger partial charge in [0.05, 0.1) is 11.4 Å². The fourth-order valence-electron chi connectivity index (χ4n) is 5.10. The summed E-state index contributed by atoms with van der Waals surface area (Å²) < 4.78 is 35.4. The predicted octanol–water partition coefficient (Wildman–Crippen LogP) is 8.51. The summed E-state index contributed by atoms with van der Waals surface area (Å²) >= 11 is 1.60. The van der Waals surface area contributed by atoms with Gasteiger partial charge in [-0.2, -0.15) is 0 Å². The van der Waals surface area contributed by atoms with Crippen LogP contribution in [0.5, 0.6) is 0 Å². The molecule has 5 rings (SSSR count). The second-order valence-electron chi connectivity index (χ2n) is 10.7. The molecule has 1 aromatic heterocycles. The molecule has 0 aliphatic rings. The summed E-state index contributed by atoms with van der Waals surface area (Å²) in [6.07, 6.45) is 2.40. The van der Waals surface area contributed by atoms with Gasteiger partial charge in [0.2, 0.25) is 0 Å². The maximum Gasteiger partial charge on any atom is 0.314 e. The van der Waals surface area contributed by atoms with Gasteiger partial charge in [0, 0.05) is 27.7 Å². The first-order valence-corrected chi connectivity index (χ1v) is 14.2. The number of aromatic nitrogens is 1. The molecule has 0 saturated carbocycles. The summed E-state index contributed by atoms with van der Waals surface area (Å²) in [4.78, 5) is 14.7. The molecule has 0 fully saturated rings. The van der Waals surface area contributed by atoms with Crippen molar-refractivity contribution in [3.63, 3.8) is 0 Å². The van der Waals surface area contributed by atoms with Crippen molar-refractivity contribution in [3.8, 4) is 0 Å². The van der Waals surface area contributed by atoms with Crippen molar-refractivity contribution < 1.29 is 18.3 Å². The van der Waals surface area contributed by atoms with Crippen LogP contribution in [0.25, 0.3) is 21.8 Å². The smallest absolute Gasteiger partial charge is 0.314 e. The molecule has 0 bridgehead atoms. The van der Waals surface area contributed by atoms with E-state index in [4.69, 9.17) is 4.74 Å². The number of halogens is 2. The zero-order valence-corrected chi connectivity index (χ0v) is 23.3. The Kier molecular flexibility index (Phi) is 7.50. The highest BCUT2D eigenvalue weighted by Gasteiger charge is 2.30. The fourth-order valence-corrected chi connectivity index (χ4v) is 5.96. The van der Waals surface area contributed by atoms with Crippen molar-refractivity contribution in [2.75, 3.05) is 6.26 Å². The number of nitrogens with zero attached hydrogens (tertiary/aromatic N) is 1. The summed E-state index contributed by atoms with van der Waals surface area (Å²) in [7, 11) is 0.